The molecule has 3 N–H and O–H groups in total. The van der Waals surface area contributed by atoms with Gasteiger partial charge in [-0.1, -0.05) is 43.7 Å². The first-order valence-electron chi connectivity index (χ1n) is 9.41. The summed E-state index contributed by atoms with van der Waals surface area (Å²) in [5, 5.41) is 15.1. The molecule has 154 valence electrons. The molecule has 0 spiro atoms. The first-order chi connectivity index (χ1) is 13.4. The number of halogens is 1. The predicted molar refractivity (Wildman–Crippen MR) is 120 cm³/mol. The molecule has 0 saturated heterocycles. The SMILES string of the molecule is C=CC.CC.CC(C)Nc1cc(-c2ccc(C(=O)NCCO)cc2)c(Cl)cn1. The van der Waals surface area contributed by atoms with Gasteiger partial charge in [0, 0.05) is 29.9 Å². The first kappa shape index (κ1) is 25.6. The standard InChI is InChI=1S/C17H20ClN3O2.C3H6.C2H6/c1-11(2)21-16-9-14(15(18)10-20-16)12-3-5-13(6-4-12)17(23)19-7-8-22;1-3-2;1-2/h3-6,9-11,22H,7-8H2,1-2H3,(H,19,23)(H,20,21);3H,1H2,2H3;1-2H3. The molecule has 0 bridgehead atoms. The van der Waals surface area contributed by atoms with Crippen LogP contribution in [0.5, 0.6) is 0 Å². The fourth-order valence-corrected chi connectivity index (χ4v) is 2.32. The Balaban J connectivity index is 0.00000133. The van der Waals surface area contributed by atoms with Gasteiger partial charge in [-0.2, -0.15) is 0 Å². The minimum Gasteiger partial charge on any atom is -0.395 e. The van der Waals surface area contributed by atoms with Gasteiger partial charge in [0.25, 0.3) is 5.91 Å². The van der Waals surface area contributed by atoms with E-state index in [1.54, 1.807) is 24.4 Å². The number of aromatic nitrogens is 1. The highest BCUT2D eigenvalue weighted by Crippen LogP contribution is 2.29. The Hall–Kier alpha value is -2.37. The van der Waals surface area contributed by atoms with Gasteiger partial charge in [-0.25, -0.2) is 4.98 Å². The van der Waals surface area contributed by atoms with E-state index in [1.807, 2.05) is 52.8 Å². The second-order valence-corrected chi connectivity index (χ2v) is 6.22. The lowest BCUT2D eigenvalue weighted by molar-refractivity contribution is 0.0945. The smallest absolute Gasteiger partial charge is 0.251 e. The number of rotatable bonds is 6. The van der Waals surface area contributed by atoms with E-state index in [9.17, 15) is 4.79 Å². The van der Waals surface area contributed by atoms with Crippen molar-refractivity contribution < 1.29 is 9.90 Å². The quantitative estimate of drug-likeness (QED) is 0.580. The number of nitrogens with one attached hydrogen (secondary N) is 2. The Kier molecular flexibility index (Phi) is 13.4. The highest BCUT2D eigenvalue weighted by molar-refractivity contribution is 6.33. The molecule has 0 saturated carbocycles. The number of pyridine rings is 1. The summed E-state index contributed by atoms with van der Waals surface area (Å²) in [4.78, 5) is 16.1. The van der Waals surface area contributed by atoms with Crippen molar-refractivity contribution >= 4 is 23.3 Å². The molecule has 0 fully saturated rings. The molecule has 2 rings (SSSR count). The Morgan fingerprint density at radius 3 is 2.36 bits per heavy atom. The van der Waals surface area contributed by atoms with Crippen LogP contribution < -0.4 is 10.6 Å². The van der Waals surface area contributed by atoms with E-state index < -0.39 is 0 Å². The summed E-state index contributed by atoms with van der Waals surface area (Å²) in [7, 11) is 0. The number of amides is 1. The van der Waals surface area contributed by atoms with E-state index in [0.29, 0.717) is 10.6 Å². The van der Waals surface area contributed by atoms with Gasteiger partial charge in [-0.3, -0.25) is 4.79 Å². The summed E-state index contributed by atoms with van der Waals surface area (Å²) < 4.78 is 0. The summed E-state index contributed by atoms with van der Waals surface area (Å²) in [5.74, 6) is 0.540. The van der Waals surface area contributed by atoms with Crippen LogP contribution in [0.4, 0.5) is 5.82 Å². The van der Waals surface area contributed by atoms with Crippen LogP contribution >= 0.6 is 11.6 Å². The monoisotopic (exact) mass is 405 g/mol. The third-order valence-electron chi connectivity index (χ3n) is 3.15. The zero-order valence-electron chi connectivity index (χ0n) is 17.4. The van der Waals surface area contributed by atoms with Gasteiger partial charge in [0.1, 0.15) is 5.82 Å². The third kappa shape index (κ3) is 9.02. The van der Waals surface area contributed by atoms with E-state index >= 15 is 0 Å². The van der Waals surface area contributed by atoms with Crippen LogP contribution in [0, 0.1) is 0 Å². The van der Waals surface area contributed by atoms with Crippen molar-refractivity contribution in [2.75, 3.05) is 18.5 Å². The number of hydrogen-bond acceptors (Lipinski definition) is 4. The van der Waals surface area contributed by atoms with Crippen LogP contribution in [0.15, 0.2) is 49.2 Å². The Labute approximate surface area is 173 Å². The van der Waals surface area contributed by atoms with Crippen LogP contribution in [-0.4, -0.2) is 35.2 Å². The van der Waals surface area contributed by atoms with E-state index in [1.165, 1.54) is 0 Å². The summed E-state index contributed by atoms with van der Waals surface area (Å²) in [5.41, 5.74) is 2.29. The maximum Gasteiger partial charge on any atom is 0.251 e. The minimum absolute atomic E-state index is 0.0813. The van der Waals surface area contributed by atoms with Crippen LogP contribution in [0.2, 0.25) is 5.02 Å². The number of anilines is 1. The number of carbonyl (C=O) groups is 1. The zero-order chi connectivity index (χ0) is 21.5. The molecule has 2 aromatic rings. The van der Waals surface area contributed by atoms with Crippen molar-refractivity contribution in [3.8, 4) is 11.1 Å². The molecule has 0 aliphatic heterocycles. The molecule has 1 aromatic heterocycles. The van der Waals surface area contributed by atoms with Gasteiger partial charge in [-0.15, -0.1) is 6.58 Å². The van der Waals surface area contributed by atoms with Gasteiger partial charge in [0.2, 0.25) is 0 Å². The van der Waals surface area contributed by atoms with Crippen molar-refractivity contribution in [2.45, 2.75) is 40.7 Å². The van der Waals surface area contributed by atoms with Gasteiger partial charge in [-0.05, 0) is 44.5 Å². The van der Waals surface area contributed by atoms with Gasteiger partial charge < -0.3 is 15.7 Å². The van der Waals surface area contributed by atoms with E-state index in [2.05, 4.69) is 22.2 Å². The maximum absolute atomic E-state index is 11.8. The number of benzene rings is 1. The number of carbonyl (C=O) groups excluding carboxylic acids is 1. The molecule has 0 aliphatic rings. The molecule has 1 amide bonds. The van der Waals surface area contributed by atoms with Gasteiger partial charge >= 0.3 is 0 Å². The second kappa shape index (κ2) is 14.7. The number of nitrogens with zero attached hydrogens (tertiary/aromatic N) is 1. The van der Waals surface area contributed by atoms with Gasteiger partial charge in [0.15, 0.2) is 0 Å². The molecule has 0 unspecified atom stereocenters. The minimum atomic E-state index is -0.214. The van der Waals surface area contributed by atoms with Crippen molar-refractivity contribution in [3.05, 3.63) is 59.8 Å². The number of allylic oxidation sites excluding steroid dienone is 1. The lowest BCUT2D eigenvalue weighted by atomic mass is 10.0. The molecule has 1 heterocycles. The van der Waals surface area contributed by atoms with Crippen LogP contribution in [0.25, 0.3) is 11.1 Å². The highest BCUT2D eigenvalue weighted by Gasteiger charge is 2.09. The van der Waals surface area contributed by atoms with E-state index in [0.717, 1.165) is 16.9 Å². The summed E-state index contributed by atoms with van der Waals surface area (Å²) in [6, 6.07) is 9.31. The molecular formula is C22H32ClN3O2. The molecule has 0 aliphatic carbocycles. The molecule has 5 nitrogen and oxygen atoms in total. The predicted octanol–water partition coefficient (Wildman–Crippen LogP) is 5.16. The number of aliphatic hydroxyl groups excluding tert-OH is 1. The number of aliphatic hydroxyl groups is 1. The van der Waals surface area contributed by atoms with Crippen molar-refractivity contribution in [3.63, 3.8) is 0 Å². The summed E-state index contributed by atoms with van der Waals surface area (Å²) in [6.45, 7) is 13.5. The summed E-state index contributed by atoms with van der Waals surface area (Å²) in [6.07, 6.45) is 3.36. The maximum atomic E-state index is 11.8. The average Bonchev–Trinajstić information content (AvgIpc) is 2.69. The van der Waals surface area contributed by atoms with Crippen molar-refractivity contribution in [1.82, 2.24) is 10.3 Å². The van der Waals surface area contributed by atoms with E-state index in [4.69, 9.17) is 16.7 Å². The fraction of sp³-hybridized carbons (Fsp3) is 0.364. The second-order valence-electron chi connectivity index (χ2n) is 5.81. The molecule has 1 aromatic carbocycles. The third-order valence-corrected chi connectivity index (χ3v) is 3.45. The molecule has 28 heavy (non-hydrogen) atoms. The van der Waals surface area contributed by atoms with Crippen LogP contribution in [-0.2, 0) is 0 Å². The Bertz CT molecular complexity index is 716. The Morgan fingerprint density at radius 2 is 1.86 bits per heavy atom. The fourth-order valence-electron chi connectivity index (χ4n) is 2.11. The average molecular weight is 406 g/mol. The normalized spacial score (nSPS) is 9.43. The zero-order valence-corrected chi connectivity index (χ0v) is 18.2. The highest BCUT2D eigenvalue weighted by atomic mass is 35.5. The van der Waals surface area contributed by atoms with Gasteiger partial charge in [0.05, 0.1) is 11.6 Å². The number of hydrogen-bond donors (Lipinski definition) is 3. The molecule has 0 radical (unpaired) electrons. The lowest BCUT2D eigenvalue weighted by Crippen LogP contribution is -2.26. The largest absolute Gasteiger partial charge is 0.395 e. The van der Waals surface area contributed by atoms with Crippen LogP contribution in [0.3, 0.4) is 0 Å². The van der Waals surface area contributed by atoms with Crippen molar-refractivity contribution in [1.29, 1.82) is 0 Å². The summed E-state index contributed by atoms with van der Waals surface area (Å²) >= 11 is 6.24. The van der Waals surface area contributed by atoms with E-state index in [-0.39, 0.29) is 25.1 Å². The molecule has 6 heteroatoms. The topological polar surface area (TPSA) is 74.2 Å². The van der Waals surface area contributed by atoms with Crippen molar-refractivity contribution in [2.24, 2.45) is 0 Å². The Morgan fingerprint density at radius 1 is 1.29 bits per heavy atom. The lowest BCUT2D eigenvalue weighted by Gasteiger charge is -2.12. The first-order valence-corrected chi connectivity index (χ1v) is 9.79. The van der Waals surface area contributed by atoms with Crippen LogP contribution in [0.1, 0.15) is 45.0 Å². The molecular weight excluding hydrogens is 374 g/mol. The molecule has 0 atom stereocenters.